The van der Waals surface area contributed by atoms with Crippen molar-refractivity contribution >= 4 is 39.1 Å². The molecule has 9 heteroatoms. The van der Waals surface area contributed by atoms with Gasteiger partial charge in [0.25, 0.3) is 10.0 Å². The first-order valence-corrected chi connectivity index (χ1v) is 16.4. The molecule has 44 heavy (non-hydrogen) atoms. The second kappa shape index (κ2) is 15.0. The van der Waals surface area contributed by atoms with Gasteiger partial charge in [-0.05, 0) is 67.8 Å². The predicted octanol–water partition coefficient (Wildman–Crippen LogP) is 6.40. The van der Waals surface area contributed by atoms with Gasteiger partial charge < -0.3 is 10.2 Å². The Morgan fingerprint density at radius 2 is 1.45 bits per heavy atom. The van der Waals surface area contributed by atoms with Crippen LogP contribution in [0.25, 0.3) is 0 Å². The number of nitrogens with zero attached hydrogens (tertiary/aromatic N) is 2. The maximum absolute atomic E-state index is 14.5. The van der Waals surface area contributed by atoms with Crippen molar-refractivity contribution < 1.29 is 18.0 Å². The Hall–Kier alpha value is -4.14. The maximum atomic E-state index is 14.5. The van der Waals surface area contributed by atoms with Gasteiger partial charge in [-0.3, -0.25) is 13.9 Å². The lowest BCUT2D eigenvalue weighted by Gasteiger charge is -2.34. The zero-order chi connectivity index (χ0) is 31.7. The monoisotopic (exact) mass is 631 g/mol. The molecule has 2 amide bonds. The van der Waals surface area contributed by atoms with Crippen LogP contribution >= 0.6 is 11.6 Å². The molecule has 0 aliphatic rings. The zero-order valence-electron chi connectivity index (χ0n) is 25.2. The Balaban J connectivity index is 1.79. The van der Waals surface area contributed by atoms with Crippen molar-refractivity contribution in [3.8, 4) is 0 Å². The zero-order valence-corrected chi connectivity index (χ0v) is 26.8. The van der Waals surface area contributed by atoms with Gasteiger partial charge in [0.05, 0.1) is 10.6 Å². The quantitative estimate of drug-likeness (QED) is 0.185. The fraction of sp³-hybridized carbons (Fsp3) is 0.257. The van der Waals surface area contributed by atoms with Crippen molar-refractivity contribution in [1.29, 1.82) is 0 Å². The number of sulfonamides is 1. The van der Waals surface area contributed by atoms with Crippen LogP contribution in [-0.2, 0) is 32.6 Å². The molecule has 2 atom stereocenters. The highest BCUT2D eigenvalue weighted by atomic mass is 35.5. The molecule has 0 heterocycles. The van der Waals surface area contributed by atoms with Crippen LogP contribution in [-0.4, -0.2) is 43.8 Å². The van der Waals surface area contributed by atoms with E-state index in [1.165, 1.54) is 29.2 Å². The number of aryl methyl sites for hydroxylation is 1. The second-order valence-electron chi connectivity index (χ2n) is 10.8. The largest absolute Gasteiger partial charge is 0.352 e. The Kier molecular flexibility index (Phi) is 11.2. The number of benzene rings is 4. The molecule has 230 valence electrons. The van der Waals surface area contributed by atoms with E-state index in [1.54, 1.807) is 30.3 Å². The first-order valence-electron chi connectivity index (χ1n) is 14.6. The summed E-state index contributed by atoms with van der Waals surface area (Å²) in [6.45, 7) is 5.47. The summed E-state index contributed by atoms with van der Waals surface area (Å²) in [5.74, 6) is -0.802. The molecule has 0 spiro atoms. The summed E-state index contributed by atoms with van der Waals surface area (Å²) in [5.41, 5.74) is 3.05. The van der Waals surface area contributed by atoms with Crippen molar-refractivity contribution in [3.63, 3.8) is 0 Å². The van der Waals surface area contributed by atoms with Gasteiger partial charge in [-0.2, -0.15) is 0 Å². The third-order valence-electron chi connectivity index (χ3n) is 7.43. The predicted molar refractivity (Wildman–Crippen MR) is 176 cm³/mol. The van der Waals surface area contributed by atoms with Gasteiger partial charge in [0.2, 0.25) is 11.8 Å². The van der Waals surface area contributed by atoms with E-state index >= 15 is 0 Å². The van der Waals surface area contributed by atoms with Gasteiger partial charge in [-0.25, -0.2) is 8.42 Å². The van der Waals surface area contributed by atoms with Gasteiger partial charge in [-0.15, -0.1) is 0 Å². The Morgan fingerprint density at radius 1 is 0.841 bits per heavy atom. The molecule has 0 unspecified atom stereocenters. The summed E-state index contributed by atoms with van der Waals surface area (Å²) in [4.78, 5) is 29.8. The molecule has 0 radical (unpaired) electrons. The molecule has 0 fully saturated rings. The van der Waals surface area contributed by atoms with E-state index in [-0.39, 0.29) is 29.8 Å². The molecule has 0 aromatic heterocycles. The Bertz CT molecular complexity index is 1650. The minimum Gasteiger partial charge on any atom is -0.352 e. The summed E-state index contributed by atoms with van der Waals surface area (Å²) >= 11 is 6.04. The van der Waals surface area contributed by atoms with Crippen molar-refractivity contribution in [2.45, 2.75) is 57.1 Å². The number of halogens is 1. The molecule has 4 rings (SSSR count). The summed E-state index contributed by atoms with van der Waals surface area (Å²) in [6.07, 6.45) is 0.979. The van der Waals surface area contributed by atoms with Crippen molar-refractivity contribution in [3.05, 3.63) is 131 Å². The minimum absolute atomic E-state index is 0.000800. The van der Waals surface area contributed by atoms with Crippen molar-refractivity contribution in [2.24, 2.45) is 0 Å². The number of hydrogen-bond donors (Lipinski definition) is 1. The Morgan fingerprint density at radius 3 is 2.07 bits per heavy atom. The molecule has 0 aliphatic carbocycles. The molecular weight excluding hydrogens is 594 g/mol. The number of amides is 2. The molecule has 4 aromatic rings. The summed E-state index contributed by atoms with van der Waals surface area (Å²) < 4.78 is 29.1. The van der Waals surface area contributed by atoms with E-state index in [1.807, 2.05) is 75.4 Å². The van der Waals surface area contributed by atoms with Crippen LogP contribution in [0.15, 0.2) is 114 Å². The number of para-hydroxylation sites is 1. The fourth-order valence-corrected chi connectivity index (χ4v) is 6.40. The number of carbonyl (C=O) groups excluding carboxylic acids is 2. The van der Waals surface area contributed by atoms with Gasteiger partial charge in [0, 0.05) is 24.0 Å². The van der Waals surface area contributed by atoms with Crippen molar-refractivity contribution in [1.82, 2.24) is 10.2 Å². The average Bonchev–Trinajstić information content (AvgIpc) is 3.02. The highest BCUT2D eigenvalue weighted by molar-refractivity contribution is 7.92. The van der Waals surface area contributed by atoms with Crippen LogP contribution in [0.5, 0.6) is 0 Å². The number of carbonyl (C=O) groups is 2. The van der Waals surface area contributed by atoms with E-state index in [9.17, 15) is 18.0 Å². The van der Waals surface area contributed by atoms with Crippen LogP contribution in [0.3, 0.4) is 0 Å². The first-order chi connectivity index (χ1) is 21.1. The molecular formula is C35H38ClN3O4S. The minimum atomic E-state index is -4.18. The SMILES string of the molecule is CC[C@@H](C)NC(=O)[C@@H](Cc1ccccc1)N(Cc1cccc(C)c1)C(=O)CN(c1ccccc1)S(=O)(=O)c1ccc(Cl)cc1. The van der Waals surface area contributed by atoms with Gasteiger partial charge in [-0.1, -0.05) is 96.9 Å². The third kappa shape index (κ3) is 8.49. The fourth-order valence-electron chi connectivity index (χ4n) is 4.86. The number of hydrogen-bond acceptors (Lipinski definition) is 4. The summed E-state index contributed by atoms with van der Waals surface area (Å²) in [6, 6.07) is 30.6. The van der Waals surface area contributed by atoms with E-state index in [2.05, 4.69) is 5.32 Å². The molecule has 0 saturated carbocycles. The smallest absolute Gasteiger partial charge is 0.264 e. The highest BCUT2D eigenvalue weighted by Gasteiger charge is 2.35. The van der Waals surface area contributed by atoms with Crippen LogP contribution in [0.2, 0.25) is 5.02 Å². The average molecular weight is 632 g/mol. The third-order valence-corrected chi connectivity index (χ3v) is 9.47. The lowest BCUT2D eigenvalue weighted by molar-refractivity contribution is -0.140. The number of anilines is 1. The molecule has 4 aromatic carbocycles. The van der Waals surface area contributed by atoms with E-state index in [0.717, 1.165) is 27.4 Å². The highest BCUT2D eigenvalue weighted by Crippen LogP contribution is 2.26. The summed E-state index contributed by atoms with van der Waals surface area (Å²) in [5, 5.41) is 3.45. The van der Waals surface area contributed by atoms with Gasteiger partial charge in [0.15, 0.2) is 0 Å². The van der Waals surface area contributed by atoms with Gasteiger partial charge in [0.1, 0.15) is 12.6 Å². The molecule has 7 nitrogen and oxygen atoms in total. The van der Waals surface area contributed by atoms with Crippen LogP contribution in [0, 0.1) is 6.92 Å². The van der Waals surface area contributed by atoms with E-state index in [4.69, 9.17) is 11.6 Å². The van der Waals surface area contributed by atoms with E-state index in [0.29, 0.717) is 10.7 Å². The van der Waals surface area contributed by atoms with Crippen LogP contribution in [0.4, 0.5) is 5.69 Å². The van der Waals surface area contributed by atoms with E-state index < -0.39 is 28.5 Å². The topological polar surface area (TPSA) is 86.8 Å². The normalized spacial score (nSPS) is 12.6. The molecule has 0 bridgehead atoms. The lowest BCUT2D eigenvalue weighted by atomic mass is 10.0. The summed E-state index contributed by atoms with van der Waals surface area (Å²) in [7, 11) is -4.18. The first kappa shape index (κ1) is 32.8. The Labute approximate surface area is 265 Å². The van der Waals surface area contributed by atoms with Crippen molar-refractivity contribution in [2.75, 3.05) is 10.8 Å². The molecule has 0 aliphatic heterocycles. The second-order valence-corrected chi connectivity index (χ2v) is 13.1. The van der Waals surface area contributed by atoms with Gasteiger partial charge >= 0.3 is 0 Å². The lowest BCUT2D eigenvalue weighted by Crippen LogP contribution is -2.54. The standard InChI is InChI=1S/C35H38ClN3O4S/c1-4-27(3)37-35(41)33(23-28-13-7-5-8-14-28)38(24-29-15-11-12-26(2)22-29)34(40)25-39(31-16-9-6-10-17-31)44(42,43)32-20-18-30(36)19-21-32/h5-22,27,33H,4,23-25H2,1-3H3,(H,37,41)/t27-,33-/m1/s1. The molecule has 0 saturated heterocycles. The number of rotatable bonds is 13. The van der Waals surface area contributed by atoms with Crippen LogP contribution < -0.4 is 9.62 Å². The maximum Gasteiger partial charge on any atom is 0.264 e. The van der Waals surface area contributed by atoms with Crippen LogP contribution in [0.1, 0.15) is 37.0 Å². The molecule has 1 N–H and O–H groups in total. The number of nitrogens with one attached hydrogen (secondary N) is 1.